The van der Waals surface area contributed by atoms with E-state index in [-0.39, 0.29) is 0 Å². The van der Waals surface area contributed by atoms with Gasteiger partial charge in [0.2, 0.25) is 0 Å². The highest BCUT2D eigenvalue weighted by atomic mass is 16.3. The Hall–Kier alpha value is -0.800. The first-order chi connectivity index (χ1) is 6.74. The molecule has 0 spiro atoms. The van der Waals surface area contributed by atoms with E-state index in [1.54, 1.807) is 6.26 Å². The molecule has 0 atom stereocenters. The molecule has 1 N–H and O–H groups in total. The van der Waals surface area contributed by atoms with Crippen molar-refractivity contribution >= 4 is 0 Å². The molecule has 0 radical (unpaired) electrons. The standard InChI is InChI=1S/C11H20N2O/c1-4-13(3)7-6-12-9-11-10(2)5-8-14-11/h5,8,12H,4,6-7,9H2,1-3H3. The summed E-state index contributed by atoms with van der Waals surface area (Å²) < 4.78 is 5.32. The van der Waals surface area contributed by atoms with E-state index in [0.717, 1.165) is 31.9 Å². The normalized spacial score (nSPS) is 11.1. The number of furan rings is 1. The second kappa shape index (κ2) is 5.83. The van der Waals surface area contributed by atoms with Crippen molar-refractivity contribution in [1.82, 2.24) is 10.2 Å². The Kier molecular flexibility index (Phi) is 4.70. The predicted octanol–water partition coefficient (Wildman–Crippen LogP) is 1.63. The number of aryl methyl sites for hydroxylation is 1. The van der Waals surface area contributed by atoms with Gasteiger partial charge in [-0.2, -0.15) is 0 Å². The molecule has 1 aromatic rings. The molecule has 3 heteroatoms. The molecule has 0 aliphatic rings. The number of nitrogens with one attached hydrogen (secondary N) is 1. The van der Waals surface area contributed by atoms with E-state index in [1.807, 2.05) is 6.07 Å². The lowest BCUT2D eigenvalue weighted by molar-refractivity contribution is 0.345. The minimum absolute atomic E-state index is 0.830. The van der Waals surface area contributed by atoms with Gasteiger partial charge in [0.1, 0.15) is 5.76 Å². The molecule has 0 saturated carbocycles. The van der Waals surface area contributed by atoms with Gasteiger partial charge < -0.3 is 14.6 Å². The van der Waals surface area contributed by atoms with Crippen molar-refractivity contribution in [3.8, 4) is 0 Å². The fraction of sp³-hybridized carbons (Fsp3) is 0.636. The van der Waals surface area contributed by atoms with E-state index < -0.39 is 0 Å². The lowest BCUT2D eigenvalue weighted by Gasteiger charge is -2.13. The van der Waals surface area contributed by atoms with Gasteiger partial charge in [-0.3, -0.25) is 0 Å². The summed E-state index contributed by atoms with van der Waals surface area (Å²) in [6.07, 6.45) is 1.74. The van der Waals surface area contributed by atoms with Crippen molar-refractivity contribution in [2.24, 2.45) is 0 Å². The third kappa shape index (κ3) is 3.52. The number of nitrogens with zero attached hydrogens (tertiary/aromatic N) is 1. The van der Waals surface area contributed by atoms with Crippen LogP contribution < -0.4 is 5.32 Å². The van der Waals surface area contributed by atoms with Crippen LogP contribution in [0.15, 0.2) is 16.7 Å². The SMILES string of the molecule is CCN(C)CCNCc1occc1C. The molecule has 0 aromatic carbocycles. The Morgan fingerprint density at radius 2 is 2.29 bits per heavy atom. The Labute approximate surface area is 86.1 Å². The van der Waals surface area contributed by atoms with Crippen LogP contribution in [0.25, 0.3) is 0 Å². The Bertz CT molecular complexity index is 258. The van der Waals surface area contributed by atoms with Gasteiger partial charge in [-0.05, 0) is 32.1 Å². The minimum atomic E-state index is 0.830. The van der Waals surface area contributed by atoms with Crippen molar-refractivity contribution in [3.63, 3.8) is 0 Å². The van der Waals surface area contributed by atoms with Crippen molar-refractivity contribution in [1.29, 1.82) is 0 Å². The highest BCUT2D eigenvalue weighted by Crippen LogP contribution is 2.07. The van der Waals surface area contributed by atoms with E-state index in [9.17, 15) is 0 Å². The second-order valence-corrected chi connectivity index (χ2v) is 3.60. The Balaban J connectivity index is 2.13. The predicted molar refractivity (Wildman–Crippen MR) is 58.3 cm³/mol. The van der Waals surface area contributed by atoms with E-state index in [2.05, 4.69) is 31.1 Å². The van der Waals surface area contributed by atoms with Crippen LogP contribution in [0.2, 0.25) is 0 Å². The molecule has 14 heavy (non-hydrogen) atoms. The molecule has 80 valence electrons. The van der Waals surface area contributed by atoms with E-state index in [4.69, 9.17) is 4.42 Å². The zero-order valence-corrected chi connectivity index (χ0v) is 9.34. The maximum Gasteiger partial charge on any atom is 0.120 e. The number of rotatable bonds is 6. The molecule has 0 saturated heterocycles. The summed E-state index contributed by atoms with van der Waals surface area (Å²) in [5, 5.41) is 3.36. The molecule has 0 bridgehead atoms. The lowest BCUT2D eigenvalue weighted by Crippen LogP contribution is -2.28. The molecule has 0 amide bonds. The molecule has 0 fully saturated rings. The van der Waals surface area contributed by atoms with Crippen LogP contribution in [0.1, 0.15) is 18.2 Å². The summed E-state index contributed by atoms with van der Waals surface area (Å²) in [4.78, 5) is 2.28. The zero-order valence-electron chi connectivity index (χ0n) is 9.34. The third-order valence-corrected chi connectivity index (χ3v) is 2.46. The summed E-state index contributed by atoms with van der Waals surface area (Å²) in [5.74, 6) is 1.05. The van der Waals surface area contributed by atoms with Crippen LogP contribution in [-0.2, 0) is 6.54 Å². The van der Waals surface area contributed by atoms with Gasteiger partial charge in [-0.1, -0.05) is 6.92 Å². The summed E-state index contributed by atoms with van der Waals surface area (Å²) in [7, 11) is 2.12. The molecule has 1 aromatic heterocycles. The molecule has 3 nitrogen and oxygen atoms in total. The molecule has 0 aliphatic carbocycles. The van der Waals surface area contributed by atoms with E-state index in [1.165, 1.54) is 5.56 Å². The first-order valence-corrected chi connectivity index (χ1v) is 5.16. The van der Waals surface area contributed by atoms with Crippen LogP contribution in [0.3, 0.4) is 0 Å². The lowest BCUT2D eigenvalue weighted by atomic mass is 10.3. The highest BCUT2D eigenvalue weighted by Gasteiger charge is 2.00. The second-order valence-electron chi connectivity index (χ2n) is 3.60. The smallest absolute Gasteiger partial charge is 0.120 e. The van der Waals surface area contributed by atoms with Crippen molar-refractivity contribution in [2.45, 2.75) is 20.4 Å². The van der Waals surface area contributed by atoms with E-state index >= 15 is 0 Å². The average molecular weight is 196 g/mol. The molecule has 1 rings (SSSR count). The van der Waals surface area contributed by atoms with Crippen LogP contribution in [0, 0.1) is 6.92 Å². The Morgan fingerprint density at radius 3 is 2.86 bits per heavy atom. The van der Waals surface area contributed by atoms with Gasteiger partial charge in [-0.25, -0.2) is 0 Å². The first kappa shape index (κ1) is 11.3. The number of hydrogen-bond acceptors (Lipinski definition) is 3. The monoisotopic (exact) mass is 196 g/mol. The van der Waals surface area contributed by atoms with Gasteiger partial charge in [0.05, 0.1) is 12.8 Å². The third-order valence-electron chi connectivity index (χ3n) is 2.46. The highest BCUT2D eigenvalue weighted by molar-refractivity contribution is 5.13. The van der Waals surface area contributed by atoms with Gasteiger partial charge in [-0.15, -0.1) is 0 Å². The molecule has 0 aliphatic heterocycles. The summed E-state index contributed by atoms with van der Waals surface area (Å²) in [6, 6.07) is 2.00. The molecule has 1 heterocycles. The van der Waals surface area contributed by atoms with Crippen LogP contribution >= 0.6 is 0 Å². The number of hydrogen-bond donors (Lipinski definition) is 1. The zero-order chi connectivity index (χ0) is 10.4. The number of likely N-dealkylation sites (N-methyl/N-ethyl adjacent to an activating group) is 1. The average Bonchev–Trinajstić information content (AvgIpc) is 2.58. The van der Waals surface area contributed by atoms with Crippen LogP contribution in [0.5, 0.6) is 0 Å². The first-order valence-electron chi connectivity index (χ1n) is 5.16. The quantitative estimate of drug-likeness (QED) is 0.701. The van der Waals surface area contributed by atoms with Crippen molar-refractivity contribution < 1.29 is 4.42 Å². The minimum Gasteiger partial charge on any atom is -0.468 e. The maximum absolute atomic E-state index is 5.32. The van der Waals surface area contributed by atoms with Crippen LogP contribution in [-0.4, -0.2) is 31.6 Å². The molecular formula is C11H20N2O. The van der Waals surface area contributed by atoms with Gasteiger partial charge in [0, 0.05) is 13.1 Å². The fourth-order valence-corrected chi connectivity index (χ4v) is 1.22. The van der Waals surface area contributed by atoms with Crippen LogP contribution in [0.4, 0.5) is 0 Å². The molecular weight excluding hydrogens is 176 g/mol. The van der Waals surface area contributed by atoms with Gasteiger partial charge in [0.25, 0.3) is 0 Å². The van der Waals surface area contributed by atoms with Crippen molar-refractivity contribution in [3.05, 3.63) is 23.7 Å². The topological polar surface area (TPSA) is 28.4 Å². The summed E-state index contributed by atoms with van der Waals surface area (Å²) in [6.45, 7) is 8.24. The maximum atomic E-state index is 5.32. The van der Waals surface area contributed by atoms with Gasteiger partial charge in [0.15, 0.2) is 0 Å². The fourth-order valence-electron chi connectivity index (χ4n) is 1.22. The molecule has 0 unspecified atom stereocenters. The van der Waals surface area contributed by atoms with E-state index in [0.29, 0.717) is 0 Å². The van der Waals surface area contributed by atoms with Gasteiger partial charge >= 0.3 is 0 Å². The largest absolute Gasteiger partial charge is 0.468 e. The van der Waals surface area contributed by atoms with Crippen molar-refractivity contribution in [2.75, 3.05) is 26.7 Å². The summed E-state index contributed by atoms with van der Waals surface area (Å²) >= 11 is 0. The summed E-state index contributed by atoms with van der Waals surface area (Å²) in [5.41, 5.74) is 1.22. The Morgan fingerprint density at radius 1 is 1.50 bits per heavy atom.